The van der Waals surface area contributed by atoms with Gasteiger partial charge in [0.1, 0.15) is 11.7 Å². The van der Waals surface area contributed by atoms with Crippen molar-refractivity contribution in [2.75, 3.05) is 13.1 Å². The highest BCUT2D eigenvalue weighted by molar-refractivity contribution is 7.80. The second-order valence-electron chi connectivity index (χ2n) is 6.59. The number of urea groups is 1. The zero-order valence-electron chi connectivity index (χ0n) is 16.2. The normalized spacial score (nSPS) is 17.3. The van der Waals surface area contributed by atoms with E-state index in [1.165, 1.54) is 0 Å². The summed E-state index contributed by atoms with van der Waals surface area (Å²) in [6.45, 7) is 2.30. The van der Waals surface area contributed by atoms with E-state index < -0.39 is 28.4 Å². The Morgan fingerprint density at radius 3 is 2.73 bits per heavy atom. The maximum absolute atomic E-state index is 12.6. The third-order valence-electron chi connectivity index (χ3n) is 4.49. The largest absolute Gasteiger partial charge is 0.418 e. The molecular weight excluding hydrogens is 416 g/mol. The van der Waals surface area contributed by atoms with Gasteiger partial charge in [-0.15, -0.1) is 9.38 Å². The molecule has 162 valence electrons. The molecule has 3 rings (SSSR count). The summed E-state index contributed by atoms with van der Waals surface area (Å²) in [6.07, 6.45) is 1.85. The summed E-state index contributed by atoms with van der Waals surface area (Å²) in [5.41, 5.74) is 1.62. The van der Waals surface area contributed by atoms with Crippen LogP contribution in [0.4, 0.5) is 4.79 Å². The van der Waals surface area contributed by atoms with Crippen LogP contribution in [0.5, 0.6) is 0 Å². The molecule has 0 unspecified atom stereocenters. The molecule has 1 fully saturated rings. The first-order chi connectivity index (χ1) is 14.3. The number of amides is 3. The van der Waals surface area contributed by atoms with Gasteiger partial charge >= 0.3 is 16.4 Å². The SMILES string of the molecule is CCN1C(=O)N(OS(=O)(=O)O)CC[C@H]1C(=O)NCc1cn(Cc2ccccc2)nn1. The third kappa shape index (κ3) is 5.52. The van der Waals surface area contributed by atoms with E-state index in [4.69, 9.17) is 4.55 Å². The Morgan fingerprint density at radius 1 is 1.33 bits per heavy atom. The number of aromatic nitrogens is 3. The first-order valence-electron chi connectivity index (χ1n) is 9.22. The number of rotatable bonds is 8. The molecule has 1 saturated heterocycles. The lowest BCUT2D eigenvalue weighted by atomic mass is 10.1. The fourth-order valence-electron chi connectivity index (χ4n) is 3.14. The zero-order chi connectivity index (χ0) is 21.7. The topological polar surface area (TPSA) is 147 Å². The molecule has 1 atom stereocenters. The van der Waals surface area contributed by atoms with Crippen LogP contribution >= 0.6 is 0 Å². The molecule has 0 aliphatic carbocycles. The van der Waals surface area contributed by atoms with Crippen molar-refractivity contribution in [2.24, 2.45) is 0 Å². The number of benzene rings is 1. The van der Waals surface area contributed by atoms with Gasteiger partial charge in [0, 0.05) is 6.54 Å². The van der Waals surface area contributed by atoms with E-state index >= 15 is 0 Å². The van der Waals surface area contributed by atoms with Crippen LogP contribution in [0.1, 0.15) is 24.6 Å². The van der Waals surface area contributed by atoms with Crippen LogP contribution in [0, 0.1) is 0 Å². The van der Waals surface area contributed by atoms with Crippen LogP contribution in [0.15, 0.2) is 36.5 Å². The lowest BCUT2D eigenvalue weighted by Gasteiger charge is -2.38. The van der Waals surface area contributed by atoms with E-state index in [2.05, 4.69) is 19.9 Å². The number of hydroxylamine groups is 2. The van der Waals surface area contributed by atoms with Crippen molar-refractivity contribution in [3.05, 3.63) is 47.8 Å². The summed E-state index contributed by atoms with van der Waals surface area (Å²) in [6, 6.07) is 8.10. The van der Waals surface area contributed by atoms with Crippen LogP contribution in [-0.4, -0.2) is 69.0 Å². The second-order valence-corrected chi connectivity index (χ2v) is 7.59. The second kappa shape index (κ2) is 9.19. The average Bonchev–Trinajstić information content (AvgIpc) is 3.14. The molecule has 0 radical (unpaired) electrons. The van der Waals surface area contributed by atoms with E-state index in [0.29, 0.717) is 17.3 Å². The van der Waals surface area contributed by atoms with Crippen molar-refractivity contribution in [3.63, 3.8) is 0 Å². The van der Waals surface area contributed by atoms with Crippen LogP contribution in [0.3, 0.4) is 0 Å². The van der Waals surface area contributed by atoms with Crippen molar-refractivity contribution in [1.82, 2.24) is 30.3 Å². The van der Waals surface area contributed by atoms with Gasteiger partial charge in [0.25, 0.3) is 0 Å². The molecule has 2 N–H and O–H groups in total. The van der Waals surface area contributed by atoms with Crippen LogP contribution in [0.25, 0.3) is 0 Å². The van der Waals surface area contributed by atoms with Gasteiger partial charge in [0.15, 0.2) is 0 Å². The molecule has 30 heavy (non-hydrogen) atoms. The number of hydrogen-bond donors (Lipinski definition) is 2. The Hall–Kier alpha value is -3.03. The molecule has 0 bridgehead atoms. The van der Waals surface area contributed by atoms with Gasteiger partial charge < -0.3 is 10.2 Å². The van der Waals surface area contributed by atoms with Crippen molar-refractivity contribution in [1.29, 1.82) is 0 Å². The number of nitrogens with zero attached hydrogens (tertiary/aromatic N) is 5. The number of carbonyl (C=O) groups excluding carboxylic acids is 2. The van der Waals surface area contributed by atoms with E-state index in [1.807, 2.05) is 30.3 Å². The van der Waals surface area contributed by atoms with E-state index in [0.717, 1.165) is 10.5 Å². The van der Waals surface area contributed by atoms with E-state index in [1.54, 1.807) is 17.8 Å². The van der Waals surface area contributed by atoms with Gasteiger partial charge in [-0.3, -0.25) is 9.35 Å². The molecule has 0 saturated carbocycles. The molecule has 1 aliphatic rings. The lowest BCUT2D eigenvalue weighted by molar-refractivity contribution is -0.130. The molecule has 0 spiro atoms. The van der Waals surface area contributed by atoms with Crippen LogP contribution < -0.4 is 5.32 Å². The molecule has 1 aromatic heterocycles. The standard InChI is InChI=1S/C17H22N6O6S/c1-2-22-15(8-9-23(17(22)25)29-30(26,27)28)16(24)18-10-14-12-21(20-19-14)11-13-6-4-3-5-7-13/h3-7,12,15H,2,8-11H2,1H3,(H,18,24)(H,26,27,28)/t15-/m0/s1. The fourth-order valence-corrected chi connectivity index (χ4v) is 3.51. The monoisotopic (exact) mass is 438 g/mol. The number of nitrogens with one attached hydrogen (secondary N) is 1. The van der Waals surface area contributed by atoms with Crippen molar-refractivity contribution in [3.8, 4) is 0 Å². The van der Waals surface area contributed by atoms with Gasteiger partial charge in [0.05, 0.1) is 25.8 Å². The van der Waals surface area contributed by atoms with Crippen molar-refractivity contribution in [2.45, 2.75) is 32.5 Å². The van der Waals surface area contributed by atoms with Gasteiger partial charge in [-0.2, -0.15) is 13.5 Å². The fraction of sp³-hybridized carbons (Fsp3) is 0.412. The Balaban J connectivity index is 1.56. The molecular formula is C17H22N6O6S. The molecule has 2 aromatic rings. The minimum atomic E-state index is -4.83. The molecule has 12 nitrogen and oxygen atoms in total. The predicted octanol–water partition coefficient (Wildman–Crippen LogP) is 0.193. The number of carbonyl (C=O) groups is 2. The third-order valence-corrected chi connectivity index (χ3v) is 4.85. The first kappa shape index (κ1) is 21.7. The average molecular weight is 438 g/mol. The number of hydrogen-bond acceptors (Lipinski definition) is 7. The quantitative estimate of drug-likeness (QED) is 0.555. The van der Waals surface area contributed by atoms with Crippen molar-refractivity contribution < 1.29 is 26.8 Å². The smallest absolute Gasteiger partial charge is 0.349 e. The zero-order valence-corrected chi connectivity index (χ0v) is 17.0. The minimum absolute atomic E-state index is 0.126. The van der Waals surface area contributed by atoms with Gasteiger partial charge in [0.2, 0.25) is 5.91 Å². The minimum Gasteiger partial charge on any atom is -0.349 e. The van der Waals surface area contributed by atoms with Crippen molar-refractivity contribution >= 4 is 22.3 Å². The summed E-state index contributed by atoms with van der Waals surface area (Å²) in [5, 5.41) is 11.3. The Morgan fingerprint density at radius 2 is 2.07 bits per heavy atom. The summed E-state index contributed by atoms with van der Waals surface area (Å²) in [5.74, 6) is -0.408. The molecule has 3 amide bonds. The Bertz CT molecular complexity index is 995. The van der Waals surface area contributed by atoms with E-state index in [-0.39, 0.29) is 26.1 Å². The summed E-state index contributed by atoms with van der Waals surface area (Å²) in [7, 11) is -4.83. The molecule has 2 heterocycles. The van der Waals surface area contributed by atoms with Gasteiger partial charge in [-0.25, -0.2) is 9.48 Å². The summed E-state index contributed by atoms with van der Waals surface area (Å²) in [4.78, 5) is 26.1. The molecule has 1 aromatic carbocycles. The lowest BCUT2D eigenvalue weighted by Crippen LogP contribution is -2.59. The van der Waals surface area contributed by atoms with E-state index in [9.17, 15) is 18.0 Å². The maximum Gasteiger partial charge on any atom is 0.418 e. The Kier molecular flexibility index (Phi) is 6.64. The highest BCUT2D eigenvalue weighted by Crippen LogP contribution is 2.18. The van der Waals surface area contributed by atoms with Gasteiger partial charge in [-0.05, 0) is 18.9 Å². The predicted molar refractivity (Wildman–Crippen MR) is 103 cm³/mol. The highest BCUT2D eigenvalue weighted by atomic mass is 32.3. The molecule has 1 aliphatic heterocycles. The summed E-state index contributed by atoms with van der Waals surface area (Å²) < 4.78 is 36.4. The number of likely N-dealkylation sites (N-methyl/N-ethyl adjacent to an activating group) is 1. The summed E-state index contributed by atoms with van der Waals surface area (Å²) >= 11 is 0. The Labute approximate surface area is 173 Å². The molecule has 13 heteroatoms. The van der Waals surface area contributed by atoms with Crippen LogP contribution in [0.2, 0.25) is 0 Å². The highest BCUT2D eigenvalue weighted by Gasteiger charge is 2.38. The van der Waals surface area contributed by atoms with Crippen LogP contribution in [-0.2, 0) is 32.6 Å². The van der Waals surface area contributed by atoms with Gasteiger partial charge in [-0.1, -0.05) is 35.5 Å². The maximum atomic E-state index is 12.6. The first-order valence-corrected chi connectivity index (χ1v) is 10.6.